The van der Waals surface area contributed by atoms with Gasteiger partial charge in [-0.25, -0.2) is 0 Å². The van der Waals surface area contributed by atoms with Gasteiger partial charge in [-0.1, -0.05) is 36.4 Å². The summed E-state index contributed by atoms with van der Waals surface area (Å²) in [5.74, 6) is -0.223. The zero-order chi connectivity index (χ0) is 26.3. The highest BCUT2D eigenvalue weighted by molar-refractivity contribution is 6.31. The molecule has 0 saturated carbocycles. The van der Waals surface area contributed by atoms with Crippen molar-refractivity contribution in [1.82, 2.24) is 9.80 Å². The molecule has 2 aliphatic rings. The van der Waals surface area contributed by atoms with E-state index in [0.717, 1.165) is 43.1 Å². The van der Waals surface area contributed by atoms with Gasteiger partial charge in [0.25, 0.3) is 0 Å². The number of benzene rings is 2. The summed E-state index contributed by atoms with van der Waals surface area (Å²) in [5, 5.41) is 0.615. The number of nitrogens with zero attached hydrogens (tertiary/aromatic N) is 3. The molecule has 37 heavy (non-hydrogen) atoms. The Morgan fingerprint density at radius 2 is 1.92 bits per heavy atom. The van der Waals surface area contributed by atoms with Crippen LogP contribution in [0.5, 0.6) is 5.75 Å². The molecule has 2 unspecified atom stereocenters. The van der Waals surface area contributed by atoms with E-state index in [1.54, 1.807) is 13.3 Å². The normalized spacial score (nSPS) is 22.5. The van der Waals surface area contributed by atoms with E-state index in [0.29, 0.717) is 31.5 Å². The Morgan fingerprint density at radius 1 is 1.16 bits per heavy atom. The maximum atomic E-state index is 6.66. The van der Waals surface area contributed by atoms with Crippen LogP contribution in [0.2, 0.25) is 5.02 Å². The predicted octanol–water partition coefficient (Wildman–Crippen LogP) is 5.00. The fourth-order valence-corrected chi connectivity index (χ4v) is 5.13. The second-order valence-electron chi connectivity index (χ2n) is 9.45. The first-order valence-corrected chi connectivity index (χ1v) is 13.1. The lowest BCUT2D eigenvalue weighted by Gasteiger charge is -2.35. The van der Waals surface area contributed by atoms with Crippen molar-refractivity contribution in [3.8, 4) is 5.75 Å². The van der Waals surface area contributed by atoms with Crippen LogP contribution in [0.3, 0.4) is 0 Å². The molecule has 2 heterocycles. The van der Waals surface area contributed by atoms with Crippen LogP contribution in [-0.4, -0.2) is 75.7 Å². The second-order valence-corrected chi connectivity index (χ2v) is 9.86. The molecule has 2 aliphatic heterocycles. The van der Waals surface area contributed by atoms with Gasteiger partial charge < -0.3 is 28.7 Å². The van der Waals surface area contributed by atoms with E-state index in [1.807, 2.05) is 61.4 Å². The third-order valence-electron chi connectivity index (χ3n) is 6.68. The summed E-state index contributed by atoms with van der Waals surface area (Å²) in [7, 11) is 1.74. The molecular formula is C29H38ClN3O4. The van der Waals surface area contributed by atoms with Crippen LogP contribution < -0.4 is 9.64 Å². The van der Waals surface area contributed by atoms with Gasteiger partial charge in [0.05, 0.1) is 19.9 Å². The molecule has 200 valence electrons. The summed E-state index contributed by atoms with van der Waals surface area (Å²) < 4.78 is 24.2. The standard InChI is InChI=1S/C29H38ClN3O4/c1-5-13-31(6-2)21-29(27-12-7-23(3)18-28(27)30)36-20-26(37-29)19-35-25-10-8-24(9-11-25)33-16-14-32(15-17-33)22-34-4/h5-13,18,26H,2,14-17,19-22H2,1,3-4H3/b13-5-. The lowest BCUT2D eigenvalue weighted by molar-refractivity contribution is -0.184. The Morgan fingerprint density at radius 3 is 2.57 bits per heavy atom. The van der Waals surface area contributed by atoms with Gasteiger partial charge in [0.15, 0.2) is 0 Å². The first-order valence-electron chi connectivity index (χ1n) is 12.7. The molecule has 0 bridgehead atoms. The minimum absolute atomic E-state index is 0.247. The maximum Gasteiger partial charge on any atom is 0.215 e. The van der Waals surface area contributed by atoms with E-state index in [2.05, 4.69) is 28.5 Å². The molecule has 2 atom stereocenters. The summed E-state index contributed by atoms with van der Waals surface area (Å²) in [6, 6.07) is 14.2. The van der Waals surface area contributed by atoms with Crippen molar-refractivity contribution in [2.45, 2.75) is 25.7 Å². The molecule has 2 aromatic carbocycles. The van der Waals surface area contributed by atoms with Crippen molar-refractivity contribution in [3.63, 3.8) is 0 Å². The van der Waals surface area contributed by atoms with Crippen LogP contribution in [0.4, 0.5) is 5.69 Å². The fourth-order valence-electron chi connectivity index (χ4n) is 4.76. The Hall–Kier alpha value is -2.55. The molecule has 4 rings (SSSR count). The summed E-state index contributed by atoms with van der Waals surface area (Å²) in [6.07, 6.45) is 5.39. The number of hydrogen-bond donors (Lipinski definition) is 0. The highest BCUT2D eigenvalue weighted by Crippen LogP contribution is 2.39. The highest BCUT2D eigenvalue weighted by atomic mass is 35.5. The average Bonchev–Trinajstić information content (AvgIpc) is 3.31. The monoisotopic (exact) mass is 527 g/mol. The smallest absolute Gasteiger partial charge is 0.215 e. The van der Waals surface area contributed by atoms with E-state index in [1.165, 1.54) is 5.69 Å². The Kier molecular flexibility index (Phi) is 9.51. The molecule has 2 aromatic rings. The molecule has 0 aromatic heterocycles. The number of aryl methyl sites for hydroxylation is 1. The zero-order valence-electron chi connectivity index (χ0n) is 22.1. The Labute approximate surface area is 225 Å². The second kappa shape index (κ2) is 12.8. The number of allylic oxidation sites excluding steroid dienone is 1. The lowest BCUT2D eigenvalue weighted by atomic mass is 10.0. The van der Waals surface area contributed by atoms with Gasteiger partial charge in [-0.2, -0.15) is 0 Å². The maximum absolute atomic E-state index is 6.66. The molecule has 2 saturated heterocycles. The van der Waals surface area contributed by atoms with Crippen molar-refractivity contribution in [2.75, 3.05) is 64.7 Å². The van der Waals surface area contributed by atoms with E-state index in [-0.39, 0.29) is 6.10 Å². The van der Waals surface area contributed by atoms with Crippen LogP contribution >= 0.6 is 11.6 Å². The highest BCUT2D eigenvalue weighted by Gasteiger charge is 2.45. The van der Waals surface area contributed by atoms with E-state index in [4.69, 9.17) is 30.5 Å². The molecule has 0 amide bonds. The largest absolute Gasteiger partial charge is 0.491 e. The summed E-state index contributed by atoms with van der Waals surface area (Å²) in [4.78, 5) is 6.64. The van der Waals surface area contributed by atoms with Gasteiger partial charge in [0, 0.05) is 49.6 Å². The van der Waals surface area contributed by atoms with E-state index >= 15 is 0 Å². The molecule has 0 N–H and O–H groups in total. The SMILES string of the molecule is C=CN(/C=C\C)CC1(c2ccc(C)cc2Cl)OCC(COc2ccc(N3CCN(COC)CC3)cc2)O1. The minimum atomic E-state index is -1.03. The number of ether oxygens (including phenoxy) is 4. The number of piperazine rings is 1. The third-order valence-corrected chi connectivity index (χ3v) is 6.99. The third kappa shape index (κ3) is 6.86. The van der Waals surface area contributed by atoms with Gasteiger partial charge in [0.1, 0.15) is 18.5 Å². The fraction of sp³-hybridized carbons (Fsp3) is 0.448. The zero-order valence-corrected chi connectivity index (χ0v) is 22.8. The molecule has 0 aliphatic carbocycles. The Bertz CT molecular complexity index is 1060. The van der Waals surface area contributed by atoms with Gasteiger partial charge in [0.2, 0.25) is 5.79 Å². The number of methoxy groups -OCH3 is 1. The van der Waals surface area contributed by atoms with Crippen molar-refractivity contribution in [2.24, 2.45) is 0 Å². The number of rotatable bonds is 11. The first kappa shape index (κ1) is 27.5. The summed E-state index contributed by atoms with van der Waals surface area (Å²) >= 11 is 6.66. The lowest BCUT2D eigenvalue weighted by Crippen LogP contribution is -2.46. The van der Waals surface area contributed by atoms with Crippen molar-refractivity contribution in [1.29, 1.82) is 0 Å². The van der Waals surface area contributed by atoms with Crippen LogP contribution in [0.25, 0.3) is 0 Å². The topological polar surface area (TPSA) is 46.6 Å². The predicted molar refractivity (Wildman–Crippen MR) is 148 cm³/mol. The molecule has 7 nitrogen and oxygen atoms in total. The minimum Gasteiger partial charge on any atom is -0.491 e. The molecule has 0 spiro atoms. The van der Waals surface area contributed by atoms with Crippen molar-refractivity contribution >= 4 is 17.3 Å². The Balaban J connectivity index is 1.38. The van der Waals surface area contributed by atoms with Gasteiger partial charge in [-0.15, -0.1) is 0 Å². The van der Waals surface area contributed by atoms with Crippen LogP contribution in [0, 0.1) is 6.92 Å². The number of hydrogen-bond acceptors (Lipinski definition) is 7. The van der Waals surface area contributed by atoms with Gasteiger partial charge in [-0.05, 0) is 62.1 Å². The van der Waals surface area contributed by atoms with Gasteiger partial charge in [-0.3, -0.25) is 4.90 Å². The average molecular weight is 528 g/mol. The van der Waals surface area contributed by atoms with Gasteiger partial charge >= 0.3 is 0 Å². The van der Waals surface area contributed by atoms with Crippen LogP contribution in [0.15, 0.2) is 67.5 Å². The summed E-state index contributed by atoms with van der Waals surface area (Å²) in [5.41, 5.74) is 3.08. The number of halogens is 1. The van der Waals surface area contributed by atoms with Crippen LogP contribution in [0.1, 0.15) is 18.1 Å². The van der Waals surface area contributed by atoms with Crippen molar-refractivity contribution in [3.05, 3.63) is 83.7 Å². The molecule has 2 fully saturated rings. The van der Waals surface area contributed by atoms with E-state index in [9.17, 15) is 0 Å². The molecule has 8 heteroatoms. The van der Waals surface area contributed by atoms with Crippen molar-refractivity contribution < 1.29 is 18.9 Å². The van der Waals surface area contributed by atoms with Crippen LogP contribution in [-0.2, 0) is 20.0 Å². The molecule has 0 radical (unpaired) electrons. The quantitative estimate of drug-likeness (QED) is 0.407. The summed E-state index contributed by atoms with van der Waals surface area (Å²) in [6.45, 7) is 13.7. The van der Waals surface area contributed by atoms with E-state index < -0.39 is 5.79 Å². The first-order chi connectivity index (χ1) is 18.0. The molecular weight excluding hydrogens is 490 g/mol. The number of anilines is 1.